The molecule has 4 nitrogen and oxygen atoms in total. The molecule has 1 heterocycles. The lowest BCUT2D eigenvalue weighted by Gasteiger charge is -2.11. The number of alkyl halides is 2. The van der Waals surface area contributed by atoms with Crippen LogP contribution < -0.4 is 5.73 Å². The zero-order chi connectivity index (χ0) is 11.4. The van der Waals surface area contributed by atoms with Crippen molar-refractivity contribution in [1.29, 1.82) is 5.26 Å². The summed E-state index contributed by atoms with van der Waals surface area (Å²) in [6.07, 6.45) is -2.02. The van der Waals surface area contributed by atoms with Gasteiger partial charge in [0.1, 0.15) is 5.75 Å². The fourth-order valence-electron chi connectivity index (χ4n) is 1.30. The van der Waals surface area contributed by atoms with Crippen molar-refractivity contribution in [2.75, 3.05) is 0 Å². The van der Waals surface area contributed by atoms with Crippen LogP contribution in [0.25, 0.3) is 0 Å². The van der Waals surface area contributed by atoms with E-state index >= 15 is 0 Å². The van der Waals surface area contributed by atoms with Gasteiger partial charge in [0.15, 0.2) is 0 Å². The Hall–Kier alpha value is -1.74. The zero-order valence-corrected chi connectivity index (χ0v) is 7.74. The normalized spacial score (nSPS) is 10.3. The second kappa shape index (κ2) is 4.66. The van der Waals surface area contributed by atoms with Crippen LogP contribution in [0.5, 0.6) is 5.75 Å². The zero-order valence-electron chi connectivity index (χ0n) is 7.74. The van der Waals surface area contributed by atoms with E-state index in [4.69, 9.17) is 11.0 Å². The Bertz CT molecular complexity index is 401. The number of aromatic nitrogens is 1. The number of nitrogens with zero attached hydrogens (tertiary/aromatic N) is 2. The Balaban J connectivity index is 3.34. The summed E-state index contributed by atoms with van der Waals surface area (Å²) in [5.74, 6) is -0.591. The predicted molar refractivity (Wildman–Crippen MR) is 48.1 cm³/mol. The molecule has 80 valence electrons. The van der Waals surface area contributed by atoms with Gasteiger partial charge in [-0.1, -0.05) is 0 Å². The average molecular weight is 213 g/mol. The molecule has 0 saturated heterocycles. The van der Waals surface area contributed by atoms with Gasteiger partial charge in [-0.3, -0.25) is 4.98 Å². The second-order valence-electron chi connectivity index (χ2n) is 2.82. The summed E-state index contributed by atoms with van der Waals surface area (Å²) >= 11 is 0. The van der Waals surface area contributed by atoms with Gasteiger partial charge in [-0.25, -0.2) is 8.78 Å². The van der Waals surface area contributed by atoms with Crippen LogP contribution in [0.2, 0.25) is 0 Å². The summed E-state index contributed by atoms with van der Waals surface area (Å²) < 4.78 is 25.1. The van der Waals surface area contributed by atoms with Gasteiger partial charge >= 0.3 is 0 Å². The highest BCUT2D eigenvalue weighted by Crippen LogP contribution is 2.32. The third-order valence-electron chi connectivity index (χ3n) is 1.96. The van der Waals surface area contributed by atoms with Gasteiger partial charge < -0.3 is 10.8 Å². The van der Waals surface area contributed by atoms with Crippen LogP contribution in [0.1, 0.15) is 23.2 Å². The largest absolute Gasteiger partial charge is 0.506 e. The van der Waals surface area contributed by atoms with E-state index in [-0.39, 0.29) is 24.2 Å². The highest BCUT2D eigenvalue weighted by Gasteiger charge is 2.20. The van der Waals surface area contributed by atoms with Crippen LogP contribution in [0.15, 0.2) is 6.20 Å². The third kappa shape index (κ3) is 2.19. The molecule has 0 unspecified atom stereocenters. The van der Waals surface area contributed by atoms with Crippen molar-refractivity contribution in [3.63, 3.8) is 0 Å². The maximum Gasteiger partial charge on any atom is 0.267 e. The smallest absolute Gasteiger partial charge is 0.267 e. The topological polar surface area (TPSA) is 82.9 Å². The molecule has 0 aromatic carbocycles. The van der Waals surface area contributed by atoms with Crippen molar-refractivity contribution in [3.8, 4) is 11.8 Å². The number of halogens is 2. The minimum atomic E-state index is -2.83. The van der Waals surface area contributed by atoms with Gasteiger partial charge in [-0.15, -0.1) is 0 Å². The molecule has 0 radical (unpaired) electrons. The second-order valence-corrected chi connectivity index (χ2v) is 2.82. The highest BCUT2D eigenvalue weighted by atomic mass is 19.3. The Morgan fingerprint density at radius 1 is 1.60 bits per heavy atom. The fraction of sp³-hybridized carbons (Fsp3) is 0.333. The molecule has 0 amide bonds. The maximum absolute atomic E-state index is 12.6. The van der Waals surface area contributed by atoms with Crippen LogP contribution in [0.4, 0.5) is 8.78 Å². The van der Waals surface area contributed by atoms with Gasteiger partial charge in [0.05, 0.1) is 29.9 Å². The fourth-order valence-corrected chi connectivity index (χ4v) is 1.30. The average Bonchev–Trinajstić information content (AvgIpc) is 2.19. The van der Waals surface area contributed by atoms with Crippen LogP contribution >= 0.6 is 0 Å². The van der Waals surface area contributed by atoms with Crippen LogP contribution in [-0.2, 0) is 13.0 Å². The first-order valence-electron chi connectivity index (χ1n) is 4.16. The number of nitriles is 1. The molecular formula is C9H9F2N3O. The molecule has 0 aliphatic heterocycles. The molecule has 0 aliphatic carbocycles. The lowest BCUT2D eigenvalue weighted by molar-refractivity contribution is 0.146. The quantitative estimate of drug-likeness (QED) is 0.791. The summed E-state index contributed by atoms with van der Waals surface area (Å²) in [6, 6.07) is 1.80. The molecule has 15 heavy (non-hydrogen) atoms. The predicted octanol–water partition coefficient (Wildman–Crippen LogP) is 1.25. The number of hydrogen-bond donors (Lipinski definition) is 2. The van der Waals surface area contributed by atoms with Gasteiger partial charge in [0.25, 0.3) is 6.43 Å². The van der Waals surface area contributed by atoms with Gasteiger partial charge in [-0.05, 0) is 0 Å². The number of hydrogen-bond acceptors (Lipinski definition) is 4. The molecule has 0 fully saturated rings. The Kier molecular flexibility index (Phi) is 3.52. The van der Waals surface area contributed by atoms with Crippen LogP contribution in [0.3, 0.4) is 0 Å². The molecule has 3 N–H and O–H groups in total. The molecule has 0 bridgehead atoms. The van der Waals surface area contributed by atoms with Crippen molar-refractivity contribution in [3.05, 3.63) is 23.0 Å². The molecule has 1 aromatic heterocycles. The van der Waals surface area contributed by atoms with Gasteiger partial charge in [0, 0.05) is 12.1 Å². The SMILES string of the molecule is N#CCc1ncc(O)c(C(F)F)c1CN. The molecule has 1 rings (SSSR count). The lowest BCUT2D eigenvalue weighted by atomic mass is 10.0. The summed E-state index contributed by atoms with van der Waals surface area (Å²) in [5.41, 5.74) is 5.00. The standard InChI is InChI=1S/C9H9F2N3O/c10-9(11)8-5(3-13)6(1-2-12)14-4-7(8)15/h4,9,15H,1,3,13H2. The monoisotopic (exact) mass is 213 g/mol. The van der Waals surface area contributed by atoms with Crippen molar-refractivity contribution >= 4 is 0 Å². The van der Waals surface area contributed by atoms with Gasteiger partial charge in [0.2, 0.25) is 0 Å². The Morgan fingerprint density at radius 2 is 2.27 bits per heavy atom. The summed E-state index contributed by atoms with van der Waals surface area (Å²) in [6.45, 7) is -0.182. The molecule has 0 saturated carbocycles. The van der Waals surface area contributed by atoms with Crippen molar-refractivity contribution in [1.82, 2.24) is 4.98 Å². The molecule has 0 spiro atoms. The Labute approximate surface area is 85.0 Å². The summed E-state index contributed by atoms with van der Waals surface area (Å²) in [4.78, 5) is 3.70. The van der Waals surface area contributed by atoms with Crippen molar-refractivity contribution in [2.24, 2.45) is 5.73 Å². The number of rotatable bonds is 3. The van der Waals surface area contributed by atoms with E-state index in [0.717, 1.165) is 6.20 Å². The number of pyridine rings is 1. The molecule has 0 aliphatic rings. The van der Waals surface area contributed by atoms with Crippen molar-refractivity contribution in [2.45, 2.75) is 19.4 Å². The van der Waals surface area contributed by atoms with E-state index in [2.05, 4.69) is 4.98 Å². The van der Waals surface area contributed by atoms with E-state index in [1.807, 2.05) is 0 Å². The maximum atomic E-state index is 12.6. The highest BCUT2D eigenvalue weighted by molar-refractivity contribution is 5.41. The van der Waals surface area contributed by atoms with E-state index in [9.17, 15) is 13.9 Å². The minimum absolute atomic E-state index is 0.0477. The number of nitrogens with two attached hydrogens (primary N) is 1. The summed E-state index contributed by atoms with van der Waals surface area (Å²) in [7, 11) is 0. The first kappa shape index (κ1) is 11.3. The van der Waals surface area contributed by atoms with Crippen molar-refractivity contribution < 1.29 is 13.9 Å². The summed E-state index contributed by atoms with van der Waals surface area (Å²) in [5, 5.41) is 17.7. The van der Waals surface area contributed by atoms with E-state index < -0.39 is 17.7 Å². The van der Waals surface area contributed by atoms with E-state index in [1.54, 1.807) is 6.07 Å². The molecule has 6 heteroatoms. The van der Waals surface area contributed by atoms with Crippen LogP contribution in [-0.4, -0.2) is 10.1 Å². The first-order chi connectivity index (χ1) is 7.11. The number of aromatic hydroxyl groups is 1. The molecule has 1 aromatic rings. The van der Waals surface area contributed by atoms with Crippen LogP contribution in [0, 0.1) is 11.3 Å². The minimum Gasteiger partial charge on any atom is -0.506 e. The van der Waals surface area contributed by atoms with E-state index in [1.165, 1.54) is 0 Å². The molecular weight excluding hydrogens is 204 g/mol. The Morgan fingerprint density at radius 3 is 2.73 bits per heavy atom. The first-order valence-corrected chi connectivity index (χ1v) is 4.16. The lowest BCUT2D eigenvalue weighted by Crippen LogP contribution is -2.08. The van der Waals surface area contributed by atoms with Gasteiger partial charge in [-0.2, -0.15) is 5.26 Å². The van der Waals surface area contributed by atoms with E-state index in [0.29, 0.717) is 0 Å². The third-order valence-corrected chi connectivity index (χ3v) is 1.96. The molecule has 0 atom stereocenters.